The fourth-order valence-electron chi connectivity index (χ4n) is 0.960. The zero-order valence-corrected chi connectivity index (χ0v) is 6.67. The molecule has 0 saturated heterocycles. The van der Waals surface area contributed by atoms with Gasteiger partial charge in [-0.15, -0.1) is 0 Å². The first-order valence-corrected chi connectivity index (χ1v) is 3.45. The number of nitrogens with one attached hydrogen (secondary N) is 1. The molecule has 0 saturated carbocycles. The lowest BCUT2D eigenvalue weighted by Gasteiger charge is -2.14. The number of hydrogen-bond acceptors (Lipinski definition) is 0. The van der Waals surface area contributed by atoms with Gasteiger partial charge in [-0.2, -0.15) is 0 Å². The third-order valence-electron chi connectivity index (χ3n) is 1.52. The van der Waals surface area contributed by atoms with E-state index in [-0.39, 0.29) is 0 Å². The summed E-state index contributed by atoms with van der Waals surface area (Å²) in [4.78, 5) is 0. The molecule has 2 heteroatoms. The van der Waals surface area contributed by atoms with Crippen molar-refractivity contribution in [2.24, 2.45) is 7.05 Å². The van der Waals surface area contributed by atoms with Gasteiger partial charge >= 0.3 is 0 Å². The number of aryl methyl sites for hydroxylation is 1. The number of hydrogen-bond donors (Lipinski definition) is 1. The van der Waals surface area contributed by atoms with Crippen LogP contribution >= 0.6 is 0 Å². The van der Waals surface area contributed by atoms with E-state index in [0.717, 1.165) is 11.4 Å². The first-order valence-electron chi connectivity index (χ1n) is 3.45. The summed E-state index contributed by atoms with van der Waals surface area (Å²) in [5.41, 5.74) is 2.20. The summed E-state index contributed by atoms with van der Waals surface area (Å²) in [6.07, 6.45) is 7.41. The Kier molecular flexibility index (Phi) is 2.16. The Bertz CT molecular complexity index is 287. The molecule has 2 nitrogen and oxygen atoms in total. The smallest absolute Gasteiger partial charge is 0.0812 e. The third kappa shape index (κ3) is 1.34. The van der Waals surface area contributed by atoms with Gasteiger partial charge in [-0.1, -0.05) is 25.3 Å². The van der Waals surface area contributed by atoms with Gasteiger partial charge in [-0.25, -0.2) is 0 Å². The Hall–Kier alpha value is -1.44. The highest BCUT2D eigenvalue weighted by molar-refractivity contribution is 5.60. The minimum Gasteiger partial charge on any atom is -0.296 e. The van der Waals surface area contributed by atoms with Crippen LogP contribution in [0.5, 0.6) is 0 Å². The summed E-state index contributed by atoms with van der Waals surface area (Å²) < 4.78 is 1.91. The lowest BCUT2D eigenvalue weighted by molar-refractivity contribution is 0.671. The lowest BCUT2D eigenvalue weighted by atomic mass is 10.2. The number of aromatic nitrogens is 2. The standard InChI is InChI=1S/C9H12N2/c1-4-6-7-8-9(5-2)11(3)10-8/h4-7,10H,1-2H2,3H3/b7-6-. The zero-order valence-electron chi connectivity index (χ0n) is 6.67. The van der Waals surface area contributed by atoms with Gasteiger partial charge in [0.1, 0.15) is 0 Å². The van der Waals surface area contributed by atoms with Crippen LogP contribution in [0.4, 0.5) is 0 Å². The second kappa shape index (κ2) is 3.10. The van der Waals surface area contributed by atoms with Crippen LogP contribution in [0.1, 0.15) is 11.4 Å². The molecule has 0 bridgehead atoms. The van der Waals surface area contributed by atoms with Gasteiger partial charge in [0, 0.05) is 7.05 Å². The van der Waals surface area contributed by atoms with E-state index in [0.29, 0.717) is 0 Å². The Morgan fingerprint density at radius 3 is 2.64 bits per heavy atom. The van der Waals surface area contributed by atoms with Crippen molar-refractivity contribution in [3.05, 3.63) is 36.7 Å². The van der Waals surface area contributed by atoms with E-state index in [1.165, 1.54) is 0 Å². The molecule has 0 amide bonds. The first kappa shape index (κ1) is 7.66. The zero-order chi connectivity index (χ0) is 8.27. The van der Waals surface area contributed by atoms with Crippen molar-refractivity contribution >= 4 is 12.2 Å². The molecule has 0 fully saturated rings. The highest BCUT2D eigenvalue weighted by atomic mass is 15.3. The topological polar surface area (TPSA) is 20.7 Å². The van der Waals surface area contributed by atoms with Crippen molar-refractivity contribution in [2.45, 2.75) is 0 Å². The molecule has 0 aliphatic carbocycles. The minimum atomic E-state index is 1.09. The monoisotopic (exact) mass is 148 g/mol. The van der Waals surface area contributed by atoms with E-state index < -0.39 is 0 Å². The average Bonchev–Trinajstić information content (AvgIpc) is 1.98. The first-order chi connectivity index (χ1) is 5.29. The second-order valence-electron chi connectivity index (χ2n) is 2.27. The van der Waals surface area contributed by atoms with Crippen molar-refractivity contribution < 1.29 is 0 Å². The Morgan fingerprint density at radius 2 is 2.18 bits per heavy atom. The molecule has 58 valence electrons. The summed E-state index contributed by atoms with van der Waals surface area (Å²) in [5, 5.41) is 3.09. The predicted octanol–water partition coefficient (Wildman–Crippen LogP) is 2.20. The highest BCUT2D eigenvalue weighted by Gasteiger charge is 2.02. The van der Waals surface area contributed by atoms with E-state index in [2.05, 4.69) is 18.3 Å². The molecule has 1 aromatic heterocycles. The van der Waals surface area contributed by atoms with E-state index in [9.17, 15) is 0 Å². The maximum absolute atomic E-state index is 3.69. The summed E-state index contributed by atoms with van der Waals surface area (Å²) in [5.74, 6) is 0. The van der Waals surface area contributed by atoms with Crippen LogP contribution in [-0.4, -0.2) is 9.78 Å². The normalized spacial score (nSPS) is 10.6. The van der Waals surface area contributed by atoms with Gasteiger partial charge in [0.05, 0.1) is 11.4 Å². The molecule has 0 aliphatic rings. The summed E-state index contributed by atoms with van der Waals surface area (Å²) in [7, 11) is 1.95. The fraction of sp³-hybridized carbons (Fsp3) is 0.111. The lowest BCUT2D eigenvalue weighted by Crippen LogP contribution is -2.11. The van der Waals surface area contributed by atoms with E-state index in [1.807, 2.05) is 30.0 Å². The van der Waals surface area contributed by atoms with Crippen molar-refractivity contribution in [3.63, 3.8) is 0 Å². The predicted molar refractivity (Wildman–Crippen MR) is 49.1 cm³/mol. The van der Waals surface area contributed by atoms with Crippen molar-refractivity contribution in [1.82, 2.24) is 9.78 Å². The molecule has 0 aliphatic heterocycles. The van der Waals surface area contributed by atoms with Gasteiger partial charge in [-0.05, 0) is 12.2 Å². The molecule has 0 radical (unpaired) electrons. The maximum atomic E-state index is 3.69. The van der Waals surface area contributed by atoms with Crippen LogP contribution in [0.3, 0.4) is 0 Å². The molecule has 1 N–H and O–H groups in total. The van der Waals surface area contributed by atoms with Crippen molar-refractivity contribution in [3.8, 4) is 0 Å². The molecule has 0 aromatic carbocycles. The number of rotatable bonds is 3. The third-order valence-corrected chi connectivity index (χ3v) is 1.52. The van der Waals surface area contributed by atoms with Crippen LogP contribution < -0.4 is 0 Å². The number of allylic oxidation sites excluding steroid dienone is 2. The van der Waals surface area contributed by atoms with Gasteiger partial charge < -0.3 is 0 Å². The fourth-order valence-corrected chi connectivity index (χ4v) is 0.960. The van der Waals surface area contributed by atoms with Gasteiger partial charge in [-0.3, -0.25) is 9.78 Å². The van der Waals surface area contributed by atoms with Gasteiger partial charge in [0.25, 0.3) is 0 Å². The van der Waals surface area contributed by atoms with Gasteiger partial charge in [0.15, 0.2) is 0 Å². The molecule has 1 heterocycles. The molecule has 1 aromatic rings. The van der Waals surface area contributed by atoms with Crippen LogP contribution in [-0.2, 0) is 7.05 Å². The molecular formula is C9H12N2. The molecule has 0 spiro atoms. The molecule has 1 rings (SSSR count). The number of nitrogens with zero attached hydrogens (tertiary/aromatic N) is 1. The average molecular weight is 148 g/mol. The summed E-state index contributed by atoms with van der Waals surface area (Å²) >= 11 is 0. The largest absolute Gasteiger partial charge is 0.296 e. The van der Waals surface area contributed by atoms with Crippen molar-refractivity contribution in [2.75, 3.05) is 0 Å². The van der Waals surface area contributed by atoms with Crippen LogP contribution in [0, 0.1) is 0 Å². The number of H-pyrrole nitrogens is 1. The molecule has 0 unspecified atom stereocenters. The summed E-state index contributed by atoms with van der Waals surface area (Å²) in [6.45, 7) is 7.28. The molecular weight excluding hydrogens is 136 g/mol. The maximum Gasteiger partial charge on any atom is 0.0812 e. The SMILES string of the molecule is C=C/C=C\c1[nH]n(C)c1C=C. The van der Waals surface area contributed by atoms with Gasteiger partial charge in [0.2, 0.25) is 0 Å². The quantitative estimate of drug-likeness (QED) is 0.634. The second-order valence-corrected chi connectivity index (χ2v) is 2.27. The Balaban J connectivity index is 2.82. The van der Waals surface area contributed by atoms with Crippen LogP contribution in [0.15, 0.2) is 25.3 Å². The number of aromatic amines is 1. The summed E-state index contributed by atoms with van der Waals surface area (Å²) in [6, 6.07) is 0. The highest BCUT2D eigenvalue weighted by Crippen LogP contribution is 2.10. The van der Waals surface area contributed by atoms with E-state index in [4.69, 9.17) is 0 Å². The van der Waals surface area contributed by atoms with E-state index in [1.54, 1.807) is 6.08 Å². The van der Waals surface area contributed by atoms with Crippen LogP contribution in [0.25, 0.3) is 12.2 Å². The van der Waals surface area contributed by atoms with E-state index >= 15 is 0 Å². The minimum absolute atomic E-state index is 1.09. The molecule has 0 atom stereocenters. The Labute approximate surface area is 66.5 Å². The van der Waals surface area contributed by atoms with Crippen molar-refractivity contribution in [1.29, 1.82) is 0 Å². The van der Waals surface area contributed by atoms with Crippen LogP contribution in [0.2, 0.25) is 0 Å². The molecule has 11 heavy (non-hydrogen) atoms. The Morgan fingerprint density at radius 1 is 1.45 bits per heavy atom.